The van der Waals surface area contributed by atoms with E-state index in [1.165, 1.54) is 6.33 Å². The maximum absolute atomic E-state index is 12.7. The van der Waals surface area contributed by atoms with Crippen LogP contribution in [-0.2, 0) is 11.3 Å². The number of morpholine rings is 1. The van der Waals surface area contributed by atoms with Gasteiger partial charge in [-0.3, -0.25) is 14.4 Å². The molecule has 0 amide bonds. The Labute approximate surface area is 219 Å². The molecule has 0 atom stereocenters. The number of fused-ring (bicyclic) bond motifs is 1. The molecule has 0 spiro atoms. The summed E-state index contributed by atoms with van der Waals surface area (Å²) < 4.78 is 7.43. The Morgan fingerprint density at radius 2 is 1.87 bits per heavy atom. The highest BCUT2D eigenvalue weighted by molar-refractivity contribution is 5.95. The lowest BCUT2D eigenvalue weighted by molar-refractivity contribution is 0.0360. The Kier molecular flexibility index (Phi) is 6.63. The normalized spacial score (nSPS) is 14.1. The molecule has 6 rings (SSSR count). The van der Waals surface area contributed by atoms with Gasteiger partial charge in [0, 0.05) is 61.2 Å². The molecule has 10 nitrogen and oxygen atoms in total. The third kappa shape index (κ3) is 5.04. The molecule has 2 N–H and O–H groups in total. The fourth-order valence-electron chi connectivity index (χ4n) is 4.78. The third-order valence-electron chi connectivity index (χ3n) is 6.79. The number of ether oxygens (including phenoxy) is 1. The number of hydrogen-bond acceptors (Lipinski definition) is 8. The highest BCUT2D eigenvalue weighted by Crippen LogP contribution is 2.30. The number of aromatic nitrogens is 6. The molecule has 5 aromatic rings. The Morgan fingerprint density at radius 1 is 1.03 bits per heavy atom. The van der Waals surface area contributed by atoms with E-state index in [0.717, 1.165) is 72.7 Å². The molecule has 4 aromatic heterocycles. The lowest BCUT2D eigenvalue weighted by Crippen LogP contribution is -2.38. The molecule has 0 unspecified atom stereocenters. The monoisotopic (exact) mass is 508 g/mol. The molecule has 1 aliphatic rings. The average Bonchev–Trinajstić information content (AvgIpc) is 3.42. The van der Waals surface area contributed by atoms with Gasteiger partial charge < -0.3 is 15.0 Å². The molecule has 1 fully saturated rings. The molecule has 1 saturated heterocycles. The summed E-state index contributed by atoms with van der Waals surface area (Å²) in [4.78, 5) is 30.9. The number of benzene rings is 1. The highest BCUT2D eigenvalue weighted by atomic mass is 16.5. The van der Waals surface area contributed by atoms with Gasteiger partial charge in [0.25, 0.3) is 5.56 Å². The van der Waals surface area contributed by atoms with Crippen LogP contribution >= 0.6 is 0 Å². The molecule has 0 aliphatic carbocycles. The minimum atomic E-state index is -0.203. The summed E-state index contributed by atoms with van der Waals surface area (Å²) in [5.74, 6) is 0.478. The number of aromatic amines is 1. The maximum atomic E-state index is 12.7. The van der Waals surface area contributed by atoms with Crippen molar-refractivity contribution < 1.29 is 4.74 Å². The van der Waals surface area contributed by atoms with Gasteiger partial charge in [0.2, 0.25) is 0 Å². The molecule has 10 heteroatoms. The number of nitrogens with zero attached hydrogens (tertiary/aromatic N) is 6. The molecule has 0 saturated carbocycles. The minimum Gasteiger partial charge on any atom is -0.379 e. The number of rotatable bonds is 7. The number of anilines is 2. The molecule has 5 heterocycles. The smallest absolute Gasteiger partial charge is 0.259 e. The van der Waals surface area contributed by atoms with Crippen molar-refractivity contribution in [1.82, 2.24) is 34.6 Å². The Hall–Kier alpha value is -4.41. The lowest BCUT2D eigenvalue weighted by Gasteiger charge is -2.26. The van der Waals surface area contributed by atoms with Gasteiger partial charge in [0.05, 0.1) is 37.0 Å². The first kappa shape index (κ1) is 24.0. The number of nitrogens with one attached hydrogen (secondary N) is 2. The second-order valence-electron chi connectivity index (χ2n) is 9.36. The molecule has 0 radical (unpaired) electrons. The van der Waals surface area contributed by atoms with Gasteiger partial charge >= 0.3 is 0 Å². The fraction of sp³-hybridized carbons (Fsp3) is 0.250. The van der Waals surface area contributed by atoms with Crippen LogP contribution in [0.4, 0.5) is 11.5 Å². The molecular weight excluding hydrogens is 480 g/mol. The van der Waals surface area contributed by atoms with E-state index in [4.69, 9.17) is 9.72 Å². The van der Waals surface area contributed by atoms with Crippen LogP contribution in [0.25, 0.3) is 33.2 Å². The van der Waals surface area contributed by atoms with Crippen molar-refractivity contribution >= 4 is 22.3 Å². The van der Waals surface area contributed by atoms with Crippen LogP contribution in [-0.4, -0.2) is 67.5 Å². The first-order valence-corrected chi connectivity index (χ1v) is 12.6. The summed E-state index contributed by atoms with van der Waals surface area (Å²) >= 11 is 0. The SMILES string of the molecule is Cc1cc(Nc2nc(-c3cncnc3)cc3cc[nH]c(=O)c23)ccc1-c1cnn(CCN2CCOCC2)c1. The minimum absolute atomic E-state index is 0.203. The maximum Gasteiger partial charge on any atom is 0.259 e. The molecule has 1 aliphatic heterocycles. The van der Waals surface area contributed by atoms with Crippen molar-refractivity contribution in [1.29, 1.82) is 0 Å². The summed E-state index contributed by atoms with van der Waals surface area (Å²) in [5, 5.41) is 9.22. The first-order chi connectivity index (χ1) is 18.6. The molecule has 38 heavy (non-hydrogen) atoms. The van der Waals surface area contributed by atoms with Crippen LogP contribution < -0.4 is 10.9 Å². The highest BCUT2D eigenvalue weighted by Gasteiger charge is 2.14. The molecule has 1 aromatic carbocycles. The number of hydrogen-bond donors (Lipinski definition) is 2. The summed E-state index contributed by atoms with van der Waals surface area (Å²) in [6.45, 7) is 7.42. The van der Waals surface area contributed by atoms with Crippen LogP contribution in [0.1, 0.15) is 5.56 Å². The van der Waals surface area contributed by atoms with Crippen LogP contribution in [0.2, 0.25) is 0 Å². The zero-order valence-corrected chi connectivity index (χ0v) is 21.1. The first-order valence-electron chi connectivity index (χ1n) is 12.6. The van der Waals surface area contributed by atoms with Crippen LogP contribution in [0, 0.1) is 6.92 Å². The second kappa shape index (κ2) is 10.5. The van der Waals surface area contributed by atoms with Crippen molar-refractivity contribution in [3.8, 4) is 22.4 Å². The van der Waals surface area contributed by atoms with Crippen molar-refractivity contribution in [2.75, 3.05) is 38.2 Å². The van der Waals surface area contributed by atoms with Crippen molar-refractivity contribution in [3.63, 3.8) is 0 Å². The van der Waals surface area contributed by atoms with Gasteiger partial charge in [-0.25, -0.2) is 15.0 Å². The fourth-order valence-corrected chi connectivity index (χ4v) is 4.78. The molecule has 0 bridgehead atoms. The number of H-pyrrole nitrogens is 1. The number of aryl methyl sites for hydroxylation is 1. The van der Waals surface area contributed by atoms with Gasteiger partial charge in [-0.15, -0.1) is 0 Å². The Morgan fingerprint density at radius 3 is 2.68 bits per heavy atom. The van der Waals surface area contributed by atoms with Crippen molar-refractivity contribution in [2.45, 2.75) is 13.5 Å². The topological polar surface area (TPSA) is 114 Å². The summed E-state index contributed by atoms with van der Waals surface area (Å²) in [5.41, 5.74) is 5.37. The van der Waals surface area contributed by atoms with Gasteiger partial charge in [0.15, 0.2) is 0 Å². The summed E-state index contributed by atoms with van der Waals surface area (Å²) in [7, 11) is 0. The second-order valence-corrected chi connectivity index (χ2v) is 9.36. The van der Waals surface area contributed by atoms with E-state index in [1.54, 1.807) is 18.6 Å². The van der Waals surface area contributed by atoms with E-state index in [-0.39, 0.29) is 5.56 Å². The van der Waals surface area contributed by atoms with Crippen LogP contribution in [0.5, 0.6) is 0 Å². The third-order valence-corrected chi connectivity index (χ3v) is 6.79. The zero-order chi connectivity index (χ0) is 25.9. The van der Waals surface area contributed by atoms with Crippen LogP contribution in [0.3, 0.4) is 0 Å². The molecular formula is C28H28N8O2. The summed E-state index contributed by atoms with van der Waals surface area (Å²) in [6.07, 6.45) is 10.5. The Balaban J connectivity index is 1.25. The van der Waals surface area contributed by atoms with E-state index in [0.29, 0.717) is 16.9 Å². The van der Waals surface area contributed by atoms with Crippen LogP contribution in [0.15, 0.2) is 72.4 Å². The number of pyridine rings is 2. The lowest BCUT2D eigenvalue weighted by atomic mass is 10.0. The van der Waals surface area contributed by atoms with Crippen molar-refractivity contribution in [2.24, 2.45) is 0 Å². The van der Waals surface area contributed by atoms with Gasteiger partial charge in [0.1, 0.15) is 12.1 Å². The quantitative estimate of drug-likeness (QED) is 0.343. The standard InChI is InChI=1S/C28H28N8O2/c1-19-12-23(2-3-24(19)22-16-32-36(17-22)7-6-35-8-10-38-11-9-35)33-27-26-20(4-5-31-28(26)37)13-25(34-27)21-14-29-18-30-15-21/h2-5,12-18H,6-11H2,1H3,(H,31,37)(H,33,34). The van der Waals surface area contributed by atoms with E-state index in [2.05, 4.69) is 55.5 Å². The predicted octanol–water partition coefficient (Wildman–Crippen LogP) is 3.63. The Bertz CT molecular complexity index is 1620. The van der Waals surface area contributed by atoms with Gasteiger partial charge in [-0.05, 0) is 47.7 Å². The van der Waals surface area contributed by atoms with Crippen molar-refractivity contribution in [3.05, 3.63) is 83.6 Å². The van der Waals surface area contributed by atoms with E-state index < -0.39 is 0 Å². The van der Waals surface area contributed by atoms with Gasteiger partial charge in [-0.2, -0.15) is 5.10 Å². The molecule has 192 valence electrons. The largest absolute Gasteiger partial charge is 0.379 e. The van der Waals surface area contributed by atoms with E-state index in [9.17, 15) is 4.79 Å². The predicted molar refractivity (Wildman–Crippen MR) is 146 cm³/mol. The van der Waals surface area contributed by atoms with E-state index in [1.807, 2.05) is 29.1 Å². The average molecular weight is 509 g/mol. The van der Waals surface area contributed by atoms with Gasteiger partial charge in [-0.1, -0.05) is 6.07 Å². The van der Waals surface area contributed by atoms with E-state index >= 15 is 0 Å². The summed E-state index contributed by atoms with van der Waals surface area (Å²) in [6, 6.07) is 9.86. The zero-order valence-electron chi connectivity index (χ0n) is 21.1.